The molecule has 0 atom stereocenters. The van der Waals surface area contributed by atoms with Gasteiger partial charge in [-0.05, 0) is 26.0 Å². The summed E-state index contributed by atoms with van der Waals surface area (Å²) in [6.07, 6.45) is 0.284. The molecule has 122 valence electrons. The molecule has 2 heterocycles. The molecule has 1 fully saturated rings. The summed E-state index contributed by atoms with van der Waals surface area (Å²) in [4.78, 5) is 20.5. The standard InChI is InChI=1S/C16H25N3O3/c1-13(2)22-12-11-18-7-9-19(10-8-18)15-6-4-5-14(17-15)16(20)21-3/h4-6,13H,7-12H2,1-3H3. The Bertz CT molecular complexity index is 485. The first-order valence-corrected chi connectivity index (χ1v) is 7.74. The van der Waals surface area contributed by atoms with Crippen LogP contribution in [0.25, 0.3) is 0 Å². The van der Waals surface area contributed by atoms with Crippen LogP contribution in [0, 0.1) is 0 Å². The number of piperazine rings is 1. The van der Waals surface area contributed by atoms with Crippen LogP contribution in [0.15, 0.2) is 18.2 Å². The first-order chi connectivity index (χ1) is 10.6. The second-order valence-electron chi connectivity index (χ2n) is 5.62. The zero-order valence-corrected chi connectivity index (χ0v) is 13.6. The molecule has 0 radical (unpaired) electrons. The van der Waals surface area contributed by atoms with Crippen molar-refractivity contribution in [2.75, 3.05) is 51.3 Å². The number of aromatic nitrogens is 1. The number of rotatable bonds is 6. The fraction of sp³-hybridized carbons (Fsp3) is 0.625. The first-order valence-electron chi connectivity index (χ1n) is 7.74. The van der Waals surface area contributed by atoms with E-state index in [1.54, 1.807) is 6.07 Å². The summed E-state index contributed by atoms with van der Waals surface area (Å²) in [5.41, 5.74) is 0.354. The van der Waals surface area contributed by atoms with Crippen LogP contribution in [0.2, 0.25) is 0 Å². The van der Waals surface area contributed by atoms with Gasteiger partial charge in [0.1, 0.15) is 5.82 Å². The zero-order valence-electron chi connectivity index (χ0n) is 13.6. The lowest BCUT2D eigenvalue weighted by atomic mass is 10.3. The zero-order chi connectivity index (χ0) is 15.9. The average molecular weight is 307 g/mol. The molecule has 2 rings (SSSR count). The van der Waals surface area contributed by atoms with Gasteiger partial charge >= 0.3 is 5.97 Å². The molecule has 0 amide bonds. The van der Waals surface area contributed by atoms with Gasteiger partial charge in [0.15, 0.2) is 5.69 Å². The molecule has 6 nitrogen and oxygen atoms in total. The molecule has 0 N–H and O–H groups in total. The minimum absolute atomic E-state index is 0.284. The van der Waals surface area contributed by atoms with Crippen molar-refractivity contribution in [3.05, 3.63) is 23.9 Å². The highest BCUT2D eigenvalue weighted by molar-refractivity contribution is 5.87. The maximum absolute atomic E-state index is 11.5. The van der Waals surface area contributed by atoms with Crippen LogP contribution in [-0.2, 0) is 9.47 Å². The normalized spacial score (nSPS) is 16.1. The van der Waals surface area contributed by atoms with Crippen molar-refractivity contribution in [3.63, 3.8) is 0 Å². The Hall–Kier alpha value is -1.66. The minimum atomic E-state index is -0.397. The molecule has 6 heteroatoms. The topological polar surface area (TPSA) is 54.9 Å². The van der Waals surface area contributed by atoms with Gasteiger partial charge in [-0.1, -0.05) is 6.07 Å². The molecule has 22 heavy (non-hydrogen) atoms. The Morgan fingerprint density at radius 1 is 1.27 bits per heavy atom. The predicted molar refractivity (Wildman–Crippen MR) is 85.3 cm³/mol. The van der Waals surface area contributed by atoms with Crippen LogP contribution in [0.4, 0.5) is 5.82 Å². The number of ether oxygens (including phenoxy) is 2. The molecule has 1 aromatic heterocycles. The van der Waals surface area contributed by atoms with Crippen LogP contribution in [0.1, 0.15) is 24.3 Å². The Labute approximate surface area is 132 Å². The molecule has 0 saturated carbocycles. The third kappa shape index (κ3) is 4.68. The van der Waals surface area contributed by atoms with Crippen molar-refractivity contribution in [2.24, 2.45) is 0 Å². The highest BCUT2D eigenvalue weighted by Gasteiger charge is 2.19. The number of nitrogens with zero attached hydrogens (tertiary/aromatic N) is 3. The molecule has 0 aliphatic carbocycles. The van der Waals surface area contributed by atoms with Gasteiger partial charge in [0, 0.05) is 32.7 Å². The van der Waals surface area contributed by atoms with Crippen LogP contribution in [0.3, 0.4) is 0 Å². The Kier molecular flexibility index (Phi) is 6.15. The van der Waals surface area contributed by atoms with Crippen molar-refractivity contribution in [2.45, 2.75) is 20.0 Å². The molecular formula is C16H25N3O3. The molecule has 0 bridgehead atoms. The third-order valence-electron chi connectivity index (χ3n) is 3.68. The van der Waals surface area contributed by atoms with Crippen molar-refractivity contribution in [1.29, 1.82) is 0 Å². The summed E-state index contributed by atoms with van der Waals surface area (Å²) in [5.74, 6) is 0.437. The van der Waals surface area contributed by atoms with Crippen molar-refractivity contribution < 1.29 is 14.3 Å². The van der Waals surface area contributed by atoms with E-state index < -0.39 is 5.97 Å². The molecule has 0 spiro atoms. The quantitative estimate of drug-likeness (QED) is 0.741. The van der Waals surface area contributed by atoms with Crippen LogP contribution < -0.4 is 4.90 Å². The van der Waals surface area contributed by atoms with E-state index in [-0.39, 0.29) is 6.10 Å². The summed E-state index contributed by atoms with van der Waals surface area (Å²) < 4.78 is 10.3. The summed E-state index contributed by atoms with van der Waals surface area (Å²) in [6, 6.07) is 5.45. The van der Waals surface area contributed by atoms with Gasteiger partial charge in [-0.25, -0.2) is 9.78 Å². The largest absolute Gasteiger partial charge is 0.464 e. The molecule has 0 unspecified atom stereocenters. The molecule has 1 aliphatic rings. The van der Waals surface area contributed by atoms with Crippen molar-refractivity contribution >= 4 is 11.8 Å². The summed E-state index contributed by atoms with van der Waals surface area (Å²) >= 11 is 0. The fourth-order valence-electron chi connectivity index (χ4n) is 2.44. The van der Waals surface area contributed by atoms with Gasteiger partial charge < -0.3 is 14.4 Å². The maximum Gasteiger partial charge on any atom is 0.356 e. The van der Waals surface area contributed by atoms with Gasteiger partial charge in [0.2, 0.25) is 0 Å². The Balaban J connectivity index is 1.85. The molecule has 1 aliphatic heterocycles. The SMILES string of the molecule is COC(=O)c1cccc(N2CCN(CCOC(C)C)CC2)n1. The van der Waals surface area contributed by atoms with E-state index in [9.17, 15) is 4.79 Å². The van der Waals surface area contributed by atoms with E-state index >= 15 is 0 Å². The van der Waals surface area contributed by atoms with Crippen LogP contribution >= 0.6 is 0 Å². The molecular weight excluding hydrogens is 282 g/mol. The maximum atomic E-state index is 11.5. The van der Waals surface area contributed by atoms with Gasteiger partial charge in [0.25, 0.3) is 0 Å². The smallest absolute Gasteiger partial charge is 0.356 e. The molecule has 0 aromatic carbocycles. The highest BCUT2D eigenvalue weighted by atomic mass is 16.5. The number of anilines is 1. The highest BCUT2D eigenvalue weighted by Crippen LogP contribution is 2.14. The lowest BCUT2D eigenvalue weighted by Gasteiger charge is -2.35. The van der Waals surface area contributed by atoms with Gasteiger partial charge in [-0.3, -0.25) is 4.90 Å². The first kappa shape index (κ1) is 16.7. The minimum Gasteiger partial charge on any atom is -0.464 e. The van der Waals surface area contributed by atoms with E-state index in [1.807, 2.05) is 12.1 Å². The van der Waals surface area contributed by atoms with Crippen LogP contribution in [-0.4, -0.2) is 68.4 Å². The fourth-order valence-corrected chi connectivity index (χ4v) is 2.44. The van der Waals surface area contributed by atoms with E-state index in [4.69, 9.17) is 9.47 Å². The number of carbonyl (C=O) groups excluding carboxylic acids is 1. The lowest BCUT2D eigenvalue weighted by molar-refractivity contribution is 0.0575. The number of hydrogen-bond donors (Lipinski definition) is 0. The van der Waals surface area contributed by atoms with E-state index in [1.165, 1.54) is 7.11 Å². The summed E-state index contributed by atoms with van der Waals surface area (Å²) in [7, 11) is 1.37. The van der Waals surface area contributed by atoms with Gasteiger partial charge in [-0.15, -0.1) is 0 Å². The van der Waals surface area contributed by atoms with E-state index in [0.29, 0.717) is 5.69 Å². The predicted octanol–water partition coefficient (Wildman–Crippen LogP) is 1.42. The Morgan fingerprint density at radius 3 is 2.64 bits per heavy atom. The summed E-state index contributed by atoms with van der Waals surface area (Å²) in [6.45, 7) is 9.60. The van der Waals surface area contributed by atoms with Crippen LogP contribution in [0.5, 0.6) is 0 Å². The van der Waals surface area contributed by atoms with Gasteiger partial charge in [0.05, 0.1) is 19.8 Å². The third-order valence-corrected chi connectivity index (χ3v) is 3.68. The molecule has 1 saturated heterocycles. The monoisotopic (exact) mass is 307 g/mol. The Morgan fingerprint density at radius 2 is 2.00 bits per heavy atom. The molecule has 1 aromatic rings. The number of pyridine rings is 1. The number of methoxy groups -OCH3 is 1. The van der Waals surface area contributed by atoms with Crippen molar-refractivity contribution in [1.82, 2.24) is 9.88 Å². The van der Waals surface area contributed by atoms with E-state index in [2.05, 4.69) is 28.6 Å². The number of carbonyl (C=O) groups is 1. The average Bonchev–Trinajstić information content (AvgIpc) is 2.54. The second-order valence-corrected chi connectivity index (χ2v) is 5.62. The summed E-state index contributed by atoms with van der Waals surface area (Å²) in [5, 5.41) is 0. The number of hydrogen-bond acceptors (Lipinski definition) is 6. The number of esters is 1. The van der Waals surface area contributed by atoms with Gasteiger partial charge in [-0.2, -0.15) is 0 Å². The van der Waals surface area contributed by atoms with E-state index in [0.717, 1.165) is 45.1 Å². The second kappa shape index (κ2) is 8.10. The lowest BCUT2D eigenvalue weighted by Crippen LogP contribution is -2.47. The van der Waals surface area contributed by atoms with Crippen molar-refractivity contribution in [3.8, 4) is 0 Å².